The second-order valence-electron chi connectivity index (χ2n) is 7.19. The molecule has 0 bridgehead atoms. The number of furan rings is 1. The Balaban J connectivity index is 1.73. The number of hydrogen-bond donors (Lipinski definition) is 1. The van der Waals surface area contributed by atoms with E-state index < -0.39 is 16.7 Å². The lowest BCUT2D eigenvalue weighted by atomic mass is 10.1. The number of carbonyl (C=O) groups is 2. The molecule has 2 aromatic carbocycles. The summed E-state index contributed by atoms with van der Waals surface area (Å²) in [5, 5.41) is 14.0. The molecule has 0 radical (unpaired) electrons. The van der Waals surface area contributed by atoms with Gasteiger partial charge in [0.25, 0.3) is 17.5 Å². The number of thiocarbonyl (C=S) groups is 1. The first kappa shape index (κ1) is 23.1. The number of hydrogen-bond acceptors (Lipinski definition) is 7. The SMILES string of the molecule is COc1ccc([N+](=O)[O-])cc1-c1ccc(/C=C2/C(=O)NC(=S)N(c3cccc(Cl)c3C)C2=O)o1. The first-order chi connectivity index (χ1) is 16.2. The van der Waals surface area contributed by atoms with Crippen molar-refractivity contribution in [1.82, 2.24) is 5.32 Å². The predicted octanol–water partition coefficient (Wildman–Crippen LogP) is 4.66. The molecule has 1 aliphatic rings. The van der Waals surface area contributed by atoms with Crippen LogP contribution in [0.2, 0.25) is 5.02 Å². The number of ether oxygens (including phenoxy) is 1. The number of non-ortho nitro benzene ring substituents is 1. The fourth-order valence-electron chi connectivity index (χ4n) is 3.43. The van der Waals surface area contributed by atoms with Gasteiger partial charge in [0, 0.05) is 17.2 Å². The molecule has 0 spiro atoms. The largest absolute Gasteiger partial charge is 0.496 e. The Kier molecular flexibility index (Phi) is 6.18. The van der Waals surface area contributed by atoms with Crippen molar-refractivity contribution >= 4 is 58.2 Å². The van der Waals surface area contributed by atoms with Crippen LogP contribution < -0.4 is 15.0 Å². The van der Waals surface area contributed by atoms with E-state index in [2.05, 4.69) is 5.32 Å². The van der Waals surface area contributed by atoms with Gasteiger partial charge in [-0.15, -0.1) is 0 Å². The van der Waals surface area contributed by atoms with E-state index in [0.717, 1.165) is 0 Å². The van der Waals surface area contributed by atoms with E-state index in [9.17, 15) is 19.7 Å². The van der Waals surface area contributed by atoms with Crippen molar-refractivity contribution in [3.05, 3.63) is 80.6 Å². The zero-order valence-corrected chi connectivity index (χ0v) is 19.4. The second-order valence-corrected chi connectivity index (χ2v) is 7.98. The lowest BCUT2D eigenvalue weighted by Crippen LogP contribution is -2.54. The Hall–Kier alpha value is -4.02. The van der Waals surface area contributed by atoms with Gasteiger partial charge >= 0.3 is 0 Å². The molecule has 4 rings (SSSR count). The Morgan fingerprint density at radius 3 is 2.68 bits per heavy atom. The Labute approximate surface area is 203 Å². The van der Waals surface area contributed by atoms with Gasteiger partial charge in [-0.3, -0.25) is 29.9 Å². The minimum atomic E-state index is -0.684. The van der Waals surface area contributed by atoms with Crippen molar-refractivity contribution in [3.8, 4) is 17.1 Å². The van der Waals surface area contributed by atoms with Crippen molar-refractivity contribution in [2.75, 3.05) is 12.0 Å². The molecule has 0 saturated carbocycles. The fourth-order valence-corrected chi connectivity index (χ4v) is 3.88. The highest BCUT2D eigenvalue weighted by atomic mass is 35.5. The second kappa shape index (κ2) is 9.08. The molecular formula is C23H16ClN3O6S. The maximum atomic E-state index is 13.2. The van der Waals surface area contributed by atoms with Crippen molar-refractivity contribution in [2.45, 2.75) is 6.92 Å². The third-order valence-electron chi connectivity index (χ3n) is 5.15. The number of nitro groups is 1. The van der Waals surface area contributed by atoms with E-state index in [0.29, 0.717) is 27.6 Å². The van der Waals surface area contributed by atoms with Gasteiger partial charge in [0.15, 0.2) is 5.11 Å². The molecule has 0 unspecified atom stereocenters. The summed E-state index contributed by atoms with van der Waals surface area (Å²) in [6.45, 7) is 1.73. The topological polar surface area (TPSA) is 115 Å². The molecule has 0 aliphatic carbocycles. The first-order valence-electron chi connectivity index (χ1n) is 9.80. The number of anilines is 1. The summed E-state index contributed by atoms with van der Waals surface area (Å²) in [5.41, 5.74) is 1.05. The van der Waals surface area contributed by atoms with Crippen LogP contribution >= 0.6 is 23.8 Å². The standard InChI is InChI=1S/C23H16ClN3O6S/c1-12-17(24)4-3-5-18(12)26-22(29)16(21(28)25-23(26)34)11-14-7-9-20(33-14)15-10-13(27(30)31)6-8-19(15)32-2/h3-11H,1-2H3,(H,25,28,34)/b16-11-. The summed E-state index contributed by atoms with van der Waals surface area (Å²) in [6, 6.07) is 12.2. The molecular weight excluding hydrogens is 482 g/mol. The third kappa shape index (κ3) is 4.16. The number of nitrogens with zero attached hydrogens (tertiary/aromatic N) is 2. The Morgan fingerprint density at radius 2 is 1.97 bits per heavy atom. The van der Waals surface area contributed by atoms with Gasteiger partial charge in [0.05, 0.1) is 23.3 Å². The van der Waals surface area contributed by atoms with Gasteiger partial charge in [0.2, 0.25) is 0 Å². The molecule has 2 heterocycles. The number of nitrogens with one attached hydrogen (secondary N) is 1. The van der Waals surface area contributed by atoms with Crippen LogP contribution in [-0.4, -0.2) is 29.0 Å². The van der Waals surface area contributed by atoms with Crippen LogP contribution in [0.3, 0.4) is 0 Å². The van der Waals surface area contributed by atoms with Gasteiger partial charge in [-0.2, -0.15) is 0 Å². The van der Waals surface area contributed by atoms with Crippen molar-refractivity contribution in [3.63, 3.8) is 0 Å². The van der Waals surface area contributed by atoms with Crippen LogP contribution in [-0.2, 0) is 9.59 Å². The average molecular weight is 498 g/mol. The summed E-state index contributed by atoms with van der Waals surface area (Å²) in [7, 11) is 1.43. The summed E-state index contributed by atoms with van der Waals surface area (Å²) in [4.78, 5) is 37.6. The molecule has 0 atom stereocenters. The third-order valence-corrected chi connectivity index (χ3v) is 5.85. The van der Waals surface area contributed by atoms with Gasteiger partial charge in [-0.05, 0) is 61.1 Å². The van der Waals surface area contributed by atoms with Crippen LogP contribution in [0.1, 0.15) is 11.3 Å². The molecule has 34 heavy (non-hydrogen) atoms. The molecule has 3 aromatic rings. The molecule has 2 amide bonds. The fraction of sp³-hybridized carbons (Fsp3) is 0.0870. The number of benzene rings is 2. The monoisotopic (exact) mass is 497 g/mol. The first-order valence-corrected chi connectivity index (χ1v) is 10.6. The number of carbonyl (C=O) groups excluding carboxylic acids is 2. The quantitative estimate of drug-likeness (QED) is 0.179. The minimum Gasteiger partial charge on any atom is -0.496 e. The predicted molar refractivity (Wildman–Crippen MR) is 130 cm³/mol. The molecule has 1 aromatic heterocycles. The molecule has 1 fully saturated rings. The number of rotatable bonds is 5. The molecule has 172 valence electrons. The summed E-state index contributed by atoms with van der Waals surface area (Å²) in [5.74, 6) is -0.535. The molecule has 9 nitrogen and oxygen atoms in total. The Bertz CT molecular complexity index is 1400. The zero-order valence-electron chi connectivity index (χ0n) is 17.8. The molecule has 1 saturated heterocycles. The van der Waals surface area contributed by atoms with E-state index in [4.69, 9.17) is 33.0 Å². The van der Waals surface area contributed by atoms with Gasteiger partial charge < -0.3 is 9.15 Å². The molecule has 11 heteroatoms. The number of amides is 2. The zero-order chi connectivity index (χ0) is 24.6. The van der Waals surface area contributed by atoms with E-state index in [-0.39, 0.29) is 27.9 Å². The van der Waals surface area contributed by atoms with Crippen molar-refractivity contribution < 1.29 is 23.7 Å². The van der Waals surface area contributed by atoms with E-state index >= 15 is 0 Å². The highest BCUT2D eigenvalue weighted by Gasteiger charge is 2.35. The van der Waals surface area contributed by atoms with Crippen LogP contribution in [0.25, 0.3) is 17.4 Å². The normalized spacial score (nSPS) is 15.0. The van der Waals surface area contributed by atoms with Crippen LogP contribution in [0.15, 0.2) is 58.5 Å². The van der Waals surface area contributed by atoms with E-state index in [1.165, 1.54) is 42.4 Å². The van der Waals surface area contributed by atoms with Gasteiger partial charge in [-0.25, -0.2) is 0 Å². The van der Waals surface area contributed by atoms with Crippen molar-refractivity contribution in [2.24, 2.45) is 0 Å². The number of methoxy groups -OCH3 is 1. The van der Waals surface area contributed by atoms with Gasteiger partial charge in [-0.1, -0.05) is 17.7 Å². The lowest BCUT2D eigenvalue weighted by Gasteiger charge is -2.30. The smallest absolute Gasteiger partial charge is 0.270 e. The number of halogens is 1. The Morgan fingerprint density at radius 1 is 1.21 bits per heavy atom. The lowest BCUT2D eigenvalue weighted by molar-refractivity contribution is -0.384. The highest BCUT2D eigenvalue weighted by molar-refractivity contribution is 7.80. The van der Waals surface area contributed by atoms with Crippen LogP contribution in [0.5, 0.6) is 5.75 Å². The highest BCUT2D eigenvalue weighted by Crippen LogP contribution is 2.35. The minimum absolute atomic E-state index is 0.0704. The summed E-state index contributed by atoms with van der Waals surface area (Å²) in [6.07, 6.45) is 1.28. The summed E-state index contributed by atoms with van der Waals surface area (Å²) >= 11 is 11.4. The van der Waals surface area contributed by atoms with Crippen LogP contribution in [0.4, 0.5) is 11.4 Å². The van der Waals surface area contributed by atoms with E-state index in [1.807, 2.05) is 0 Å². The average Bonchev–Trinajstić information content (AvgIpc) is 3.27. The number of nitro benzene ring substituents is 1. The molecule has 1 N–H and O–H groups in total. The summed E-state index contributed by atoms with van der Waals surface area (Å²) < 4.78 is 11.0. The van der Waals surface area contributed by atoms with Crippen LogP contribution in [0, 0.1) is 17.0 Å². The van der Waals surface area contributed by atoms with Gasteiger partial charge in [0.1, 0.15) is 22.8 Å². The van der Waals surface area contributed by atoms with E-state index in [1.54, 1.807) is 31.2 Å². The molecule has 1 aliphatic heterocycles. The maximum absolute atomic E-state index is 13.2. The maximum Gasteiger partial charge on any atom is 0.270 e. The van der Waals surface area contributed by atoms with Crippen molar-refractivity contribution in [1.29, 1.82) is 0 Å².